The molecule has 17 heavy (non-hydrogen) atoms. The topological polar surface area (TPSA) is 86.3 Å². The van der Waals surface area contributed by atoms with Crippen LogP contribution in [-0.2, 0) is 16.0 Å². The van der Waals surface area contributed by atoms with E-state index in [4.69, 9.17) is 5.11 Å². The smallest absolute Gasteiger partial charge is 0.303 e. The average Bonchev–Trinajstić information content (AvgIpc) is 2.78. The van der Waals surface area contributed by atoms with Crippen LogP contribution in [0.5, 0.6) is 0 Å². The zero-order chi connectivity index (χ0) is 12.7. The first kappa shape index (κ1) is 13.2. The molecular weight excluding hydrogens is 222 g/mol. The second-order valence-electron chi connectivity index (χ2n) is 3.89. The molecule has 0 saturated heterocycles. The molecule has 0 fully saturated rings. The predicted molar refractivity (Wildman–Crippen MR) is 61.4 cm³/mol. The normalized spacial score (nSPS) is 10.2. The van der Waals surface area contributed by atoms with E-state index in [0.717, 1.165) is 12.1 Å². The van der Waals surface area contributed by atoms with Crippen LogP contribution < -0.4 is 0 Å². The zero-order valence-corrected chi connectivity index (χ0v) is 9.85. The number of hydrogen-bond donors (Lipinski definition) is 2. The molecule has 2 N–H and O–H groups in total. The SMILES string of the molecule is CN(CCc1cnc[nH]1)C(=O)CCCC(=O)O. The number of carboxylic acids is 1. The Morgan fingerprint density at radius 2 is 2.24 bits per heavy atom. The van der Waals surface area contributed by atoms with Gasteiger partial charge < -0.3 is 15.0 Å². The number of amides is 1. The van der Waals surface area contributed by atoms with E-state index in [9.17, 15) is 9.59 Å². The molecule has 0 spiro atoms. The maximum absolute atomic E-state index is 11.6. The predicted octanol–water partition coefficient (Wildman–Crippen LogP) is 0.665. The molecule has 1 rings (SSSR count). The summed E-state index contributed by atoms with van der Waals surface area (Å²) < 4.78 is 0. The van der Waals surface area contributed by atoms with E-state index in [1.54, 1.807) is 24.5 Å². The molecule has 0 unspecified atom stereocenters. The summed E-state index contributed by atoms with van der Waals surface area (Å²) in [7, 11) is 1.72. The largest absolute Gasteiger partial charge is 0.481 e. The number of rotatable bonds is 7. The monoisotopic (exact) mass is 239 g/mol. The summed E-state index contributed by atoms with van der Waals surface area (Å²) in [5, 5.41) is 8.46. The van der Waals surface area contributed by atoms with Crippen molar-refractivity contribution in [1.29, 1.82) is 0 Å². The molecule has 6 nitrogen and oxygen atoms in total. The van der Waals surface area contributed by atoms with Crippen molar-refractivity contribution < 1.29 is 14.7 Å². The van der Waals surface area contributed by atoms with E-state index in [-0.39, 0.29) is 18.7 Å². The van der Waals surface area contributed by atoms with Crippen LogP contribution in [0.25, 0.3) is 0 Å². The van der Waals surface area contributed by atoms with Crippen LogP contribution in [0.2, 0.25) is 0 Å². The van der Waals surface area contributed by atoms with Crippen molar-refractivity contribution in [2.75, 3.05) is 13.6 Å². The number of carbonyl (C=O) groups excluding carboxylic acids is 1. The fourth-order valence-corrected chi connectivity index (χ4v) is 1.42. The Morgan fingerprint density at radius 3 is 2.82 bits per heavy atom. The average molecular weight is 239 g/mol. The van der Waals surface area contributed by atoms with Gasteiger partial charge in [-0.25, -0.2) is 4.98 Å². The van der Waals surface area contributed by atoms with Gasteiger partial charge >= 0.3 is 5.97 Å². The third-order valence-electron chi connectivity index (χ3n) is 2.48. The van der Waals surface area contributed by atoms with Gasteiger partial charge in [-0.1, -0.05) is 0 Å². The summed E-state index contributed by atoms with van der Waals surface area (Å²) in [6.07, 6.45) is 4.77. The van der Waals surface area contributed by atoms with Gasteiger partial charge in [0.15, 0.2) is 0 Å². The van der Waals surface area contributed by atoms with Crippen LogP contribution in [-0.4, -0.2) is 45.4 Å². The van der Waals surface area contributed by atoms with Gasteiger partial charge in [0.05, 0.1) is 6.33 Å². The summed E-state index contributed by atoms with van der Waals surface area (Å²) in [4.78, 5) is 30.4. The zero-order valence-electron chi connectivity index (χ0n) is 9.85. The second kappa shape index (κ2) is 6.67. The third-order valence-corrected chi connectivity index (χ3v) is 2.48. The number of hydrogen-bond acceptors (Lipinski definition) is 3. The maximum atomic E-state index is 11.6. The van der Waals surface area contributed by atoms with Gasteiger partial charge in [0.2, 0.25) is 5.91 Å². The standard InChI is InChI=1S/C11H17N3O3/c1-14(6-5-9-7-12-8-13-9)10(15)3-2-4-11(16)17/h7-8H,2-6H2,1H3,(H,12,13)(H,16,17). The van der Waals surface area contributed by atoms with Gasteiger partial charge in [-0.3, -0.25) is 9.59 Å². The molecule has 0 aliphatic carbocycles. The van der Waals surface area contributed by atoms with E-state index >= 15 is 0 Å². The van der Waals surface area contributed by atoms with Gasteiger partial charge in [0.25, 0.3) is 0 Å². The van der Waals surface area contributed by atoms with Crippen LogP contribution in [0.1, 0.15) is 25.0 Å². The molecule has 1 amide bonds. The number of nitrogens with zero attached hydrogens (tertiary/aromatic N) is 2. The molecule has 0 atom stereocenters. The lowest BCUT2D eigenvalue weighted by Gasteiger charge is -2.16. The third kappa shape index (κ3) is 5.14. The Morgan fingerprint density at radius 1 is 1.47 bits per heavy atom. The highest BCUT2D eigenvalue weighted by Gasteiger charge is 2.09. The minimum atomic E-state index is -0.863. The number of aromatic amines is 1. The van der Waals surface area contributed by atoms with Crippen molar-refractivity contribution in [3.63, 3.8) is 0 Å². The van der Waals surface area contributed by atoms with Crippen molar-refractivity contribution >= 4 is 11.9 Å². The first-order valence-electron chi connectivity index (χ1n) is 5.52. The summed E-state index contributed by atoms with van der Waals surface area (Å²) in [5.74, 6) is -0.885. The van der Waals surface area contributed by atoms with E-state index in [0.29, 0.717) is 13.0 Å². The van der Waals surface area contributed by atoms with Gasteiger partial charge in [-0.15, -0.1) is 0 Å². The lowest BCUT2D eigenvalue weighted by Crippen LogP contribution is -2.28. The van der Waals surface area contributed by atoms with E-state index < -0.39 is 5.97 Å². The summed E-state index contributed by atoms with van der Waals surface area (Å²) in [6, 6.07) is 0. The highest BCUT2D eigenvalue weighted by atomic mass is 16.4. The highest BCUT2D eigenvalue weighted by molar-refractivity contribution is 5.76. The van der Waals surface area contributed by atoms with Gasteiger partial charge in [-0.05, 0) is 6.42 Å². The quantitative estimate of drug-likeness (QED) is 0.732. The molecule has 1 aromatic rings. The van der Waals surface area contributed by atoms with E-state index in [2.05, 4.69) is 9.97 Å². The van der Waals surface area contributed by atoms with Crippen LogP contribution in [0.4, 0.5) is 0 Å². The van der Waals surface area contributed by atoms with Crippen molar-refractivity contribution in [2.24, 2.45) is 0 Å². The van der Waals surface area contributed by atoms with Gasteiger partial charge in [0, 0.05) is 44.7 Å². The Kier molecular flexibility index (Phi) is 5.19. The van der Waals surface area contributed by atoms with E-state index in [1.807, 2.05) is 0 Å². The first-order chi connectivity index (χ1) is 8.09. The second-order valence-corrected chi connectivity index (χ2v) is 3.89. The molecule has 94 valence electrons. The number of aromatic nitrogens is 2. The fraction of sp³-hybridized carbons (Fsp3) is 0.545. The molecule has 1 aromatic heterocycles. The Bertz CT molecular complexity index is 362. The number of aliphatic carboxylic acids is 1. The maximum Gasteiger partial charge on any atom is 0.303 e. The van der Waals surface area contributed by atoms with Crippen LogP contribution >= 0.6 is 0 Å². The number of imidazole rings is 1. The summed E-state index contributed by atoms with van der Waals surface area (Å²) in [6.45, 7) is 0.605. The van der Waals surface area contributed by atoms with Crippen molar-refractivity contribution in [1.82, 2.24) is 14.9 Å². The molecule has 6 heteroatoms. The molecule has 0 aliphatic heterocycles. The number of carboxylic acid groups (broad SMARTS) is 1. The van der Waals surface area contributed by atoms with Crippen molar-refractivity contribution in [3.8, 4) is 0 Å². The first-order valence-corrected chi connectivity index (χ1v) is 5.52. The molecule has 0 bridgehead atoms. The molecule has 1 heterocycles. The molecule has 0 aromatic carbocycles. The van der Waals surface area contributed by atoms with Crippen molar-refractivity contribution in [3.05, 3.63) is 18.2 Å². The fourth-order valence-electron chi connectivity index (χ4n) is 1.42. The molecule has 0 aliphatic rings. The van der Waals surface area contributed by atoms with Gasteiger partial charge in [-0.2, -0.15) is 0 Å². The summed E-state index contributed by atoms with van der Waals surface area (Å²) >= 11 is 0. The molecular formula is C11H17N3O3. The number of H-pyrrole nitrogens is 1. The van der Waals surface area contributed by atoms with Gasteiger partial charge in [0.1, 0.15) is 0 Å². The molecule has 0 saturated carbocycles. The number of carbonyl (C=O) groups is 2. The minimum Gasteiger partial charge on any atom is -0.481 e. The van der Waals surface area contributed by atoms with Crippen LogP contribution in [0, 0.1) is 0 Å². The Balaban J connectivity index is 2.20. The summed E-state index contributed by atoms with van der Waals surface area (Å²) in [5.41, 5.74) is 0.982. The molecule has 0 radical (unpaired) electrons. The minimum absolute atomic E-state index is 0.0224. The highest BCUT2D eigenvalue weighted by Crippen LogP contribution is 2.01. The van der Waals surface area contributed by atoms with E-state index in [1.165, 1.54) is 0 Å². The number of likely N-dealkylation sites (N-methyl/N-ethyl adjacent to an activating group) is 1. The lowest BCUT2D eigenvalue weighted by molar-refractivity contribution is -0.137. The Hall–Kier alpha value is -1.85. The lowest BCUT2D eigenvalue weighted by atomic mass is 10.2. The Labute approximate surface area is 99.7 Å². The van der Waals surface area contributed by atoms with Crippen LogP contribution in [0.15, 0.2) is 12.5 Å². The van der Waals surface area contributed by atoms with Crippen LogP contribution in [0.3, 0.4) is 0 Å². The van der Waals surface area contributed by atoms with Crippen molar-refractivity contribution in [2.45, 2.75) is 25.7 Å². The number of nitrogens with one attached hydrogen (secondary N) is 1.